The average Bonchev–Trinajstić information content (AvgIpc) is 2.50. The molecule has 0 aliphatic carbocycles. The molecule has 2 amide bonds. The van der Waals surface area contributed by atoms with Gasteiger partial charge in [0.1, 0.15) is 11.6 Å². The number of benzene rings is 1. The Bertz CT molecular complexity index is 610. The third kappa shape index (κ3) is 5.73. The quantitative estimate of drug-likeness (QED) is 0.187. The van der Waals surface area contributed by atoms with Crippen molar-refractivity contribution in [3.05, 3.63) is 35.0 Å². The Balaban J connectivity index is 2.55. The first-order valence-corrected chi connectivity index (χ1v) is 6.83. The lowest BCUT2D eigenvalue weighted by molar-refractivity contribution is -0.112. The lowest BCUT2D eigenvalue weighted by atomic mass is 10.2. The maximum atomic E-state index is 11.9. The van der Waals surface area contributed by atoms with E-state index in [1.54, 1.807) is 12.1 Å². The molecular weight excluding hydrogens is 306 g/mol. The van der Waals surface area contributed by atoms with Crippen molar-refractivity contribution < 1.29 is 9.59 Å². The molecule has 0 saturated carbocycles. The number of carbonyl (C=O) groups excluding carboxylic acids is 2. The van der Waals surface area contributed by atoms with Crippen molar-refractivity contribution in [1.82, 2.24) is 10.6 Å². The topological polar surface area (TPSA) is 120 Å². The summed E-state index contributed by atoms with van der Waals surface area (Å²) < 4.78 is 0. The van der Waals surface area contributed by atoms with Crippen LogP contribution in [0.5, 0.6) is 0 Å². The van der Waals surface area contributed by atoms with Crippen molar-refractivity contribution in [1.29, 1.82) is 5.26 Å². The Morgan fingerprint density at radius 1 is 1.36 bits per heavy atom. The van der Waals surface area contributed by atoms with Crippen molar-refractivity contribution in [3.8, 4) is 6.07 Å². The van der Waals surface area contributed by atoms with Gasteiger partial charge in [0.2, 0.25) is 6.41 Å². The Hall–Kier alpha value is -2.72. The Morgan fingerprint density at radius 2 is 2.09 bits per heavy atom. The number of nitrogens with two attached hydrogens (primary N) is 1. The van der Waals surface area contributed by atoms with Crippen LogP contribution in [0.3, 0.4) is 0 Å². The predicted molar refractivity (Wildman–Crippen MR) is 84.9 cm³/mol. The van der Waals surface area contributed by atoms with Gasteiger partial charge in [0.05, 0.1) is 10.7 Å². The molecule has 0 spiro atoms. The minimum Gasteiger partial charge on any atom is -0.398 e. The third-order valence-corrected chi connectivity index (χ3v) is 2.92. The third-order valence-electron chi connectivity index (χ3n) is 2.60. The summed E-state index contributed by atoms with van der Waals surface area (Å²) in [6.07, 6.45) is 2.61. The van der Waals surface area contributed by atoms with E-state index in [4.69, 9.17) is 22.6 Å². The molecule has 0 aliphatic rings. The summed E-state index contributed by atoms with van der Waals surface area (Å²) in [4.78, 5) is 22.0. The predicted octanol–water partition coefficient (Wildman–Crippen LogP) is 0.994. The molecule has 22 heavy (non-hydrogen) atoms. The summed E-state index contributed by atoms with van der Waals surface area (Å²) in [5, 5.41) is 17.2. The number of carbonyl (C=O) groups is 2. The van der Waals surface area contributed by atoms with Crippen LogP contribution in [0.1, 0.15) is 6.42 Å². The van der Waals surface area contributed by atoms with Gasteiger partial charge < -0.3 is 21.7 Å². The van der Waals surface area contributed by atoms with Gasteiger partial charge in [0, 0.05) is 25.0 Å². The summed E-state index contributed by atoms with van der Waals surface area (Å²) in [5.41, 5.74) is 6.35. The average molecular weight is 322 g/mol. The molecule has 1 aromatic rings. The van der Waals surface area contributed by atoms with Gasteiger partial charge in [0.25, 0.3) is 5.91 Å². The highest BCUT2D eigenvalue weighted by Crippen LogP contribution is 2.22. The number of rotatable bonds is 8. The second kappa shape index (κ2) is 9.26. The van der Waals surface area contributed by atoms with Gasteiger partial charge >= 0.3 is 0 Å². The highest BCUT2D eigenvalue weighted by molar-refractivity contribution is 6.33. The van der Waals surface area contributed by atoms with E-state index in [9.17, 15) is 9.59 Å². The molecule has 1 rings (SSSR count). The molecule has 8 heteroatoms. The minimum atomic E-state index is -0.554. The van der Waals surface area contributed by atoms with Crippen molar-refractivity contribution in [2.24, 2.45) is 0 Å². The summed E-state index contributed by atoms with van der Waals surface area (Å²) in [6.45, 7) is 1.04. The van der Waals surface area contributed by atoms with E-state index in [2.05, 4.69) is 16.0 Å². The zero-order valence-corrected chi connectivity index (χ0v) is 12.5. The van der Waals surface area contributed by atoms with Crippen LogP contribution < -0.4 is 21.7 Å². The van der Waals surface area contributed by atoms with Crippen LogP contribution in [0.2, 0.25) is 5.02 Å². The molecular formula is C14H16ClN5O2. The molecule has 5 N–H and O–H groups in total. The van der Waals surface area contributed by atoms with Crippen LogP contribution in [0.15, 0.2) is 30.0 Å². The fourth-order valence-corrected chi connectivity index (χ4v) is 1.66. The van der Waals surface area contributed by atoms with Crippen LogP contribution in [0.25, 0.3) is 0 Å². The number of nitrogens with one attached hydrogen (secondary N) is 3. The number of nitrogens with zero attached hydrogens (tertiary/aromatic N) is 1. The number of hydrogen-bond donors (Lipinski definition) is 4. The fourth-order valence-electron chi connectivity index (χ4n) is 1.48. The molecule has 0 saturated heterocycles. The number of halogens is 1. The Labute approximate surface area is 133 Å². The molecule has 116 valence electrons. The van der Waals surface area contributed by atoms with Crippen LogP contribution in [-0.4, -0.2) is 25.4 Å². The van der Waals surface area contributed by atoms with Crippen LogP contribution in [0.4, 0.5) is 11.4 Å². The van der Waals surface area contributed by atoms with Gasteiger partial charge in [-0.05, 0) is 24.6 Å². The molecule has 0 unspecified atom stereocenters. The first-order chi connectivity index (χ1) is 10.6. The smallest absolute Gasteiger partial charge is 0.267 e. The van der Waals surface area contributed by atoms with E-state index < -0.39 is 5.91 Å². The van der Waals surface area contributed by atoms with Gasteiger partial charge in [-0.1, -0.05) is 11.6 Å². The summed E-state index contributed by atoms with van der Waals surface area (Å²) in [6, 6.07) is 6.46. The first kappa shape index (κ1) is 17.3. The van der Waals surface area contributed by atoms with Crippen LogP contribution in [0, 0.1) is 11.3 Å². The molecule has 1 aromatic carbocycles. The molecule has 0 radical (unpaired) electrons. The standard InChI is InChI=1S/C14H16ClN5O2/c15-12-6-11(2-3-13(12)17)20-14(22)10(7-16)8-18-4-1-5-19-9-21/h2-3,6,8-9,18H,1,4-5,17H2,(H,19,21)(H,20,22)/b10-8-. The fraction of sp³-hybridized carbons (Fsp3) is 0.214. The molecule has 7 nitrogen and oxygen atoms in total. The monoisotopic (exact) mass is 321 g/mol. The molecule has 0 aromatic heterocycles. The van der Waals surface area contributed by atoms with E-state index in [0.717, 1.165) is 0 Å². The van der Waals surface area contributed by atoms with Crippen molar-refractivity contribution in [2.45, 2.75) is 6.42 Å². The molecule has 0 heterocycles. The zero-order chi connectivity index (χ0) is 16.4. The highest BCUT2D eigenvalue weighted by atomic mass is 35.5. The number of nitriles is 1. The van der Waals surface area contributed by atoms with E-state index >= 15 is 0 Å². The highest BCUT2D eigenvalue weighted by Gasteiger charge is 2.09. The SMILES string of the molecule is N#C/C(=C/NCCCNC=O)C(=O)Nc1ccc(N)c(Cl)c1. The van der Waals surface area contributed by atoms with E-state index in [0.29, 0.717) is 42.3 Å². The lowest BCUT2D eigenvalue weighted by Crippen LogP contribution is -2.20. The largest absolute Gasteiger partial charge is 0.398 e. The number of nitrogen functional groups attached to an aromatic ring is 1. The molecule has 0 atom stereocenters. The Kier molecular flexibility index (Phi) is 7.29. The second-order valence-corrected chi connectivity index (χ2v) is 4.65. The van der Waals surface area contributed by atoms with E-state index in [-0.39, 0.29) is 5.57 Å². The van der Waals surface area contributed by atoms with E-state index in [1.165, 1.54) is 12.3 Å². The van der Waals surface area contributed by atoms with Gasteiger partial charge in [-0.15, -0.1) is 0 Å². The normalized spacial score (nSPS) is 10.5. The van der Waals surface area contributed by atoms with Gasteiger partial charge in [-0.2, -0.15) is 5.26 Å². The minimum absolute atomic E-state index is 0.0729. The summed E-state index contributed by atoms with van der Waals surface area (Å²) in [5.74, 6) is -0.554. The molecule has 0 fully saturated rings. The number of amides is 2. The molecule has 0 bridgehead atoms. The number of hydrogen-bond acceptors (Lipinski definition) is 5. The number of anilines is 2. The van der Waals surface area contributed by atoms with Crippen LogP contribution >= 0.6 is 11.6 Å². The van der Waals surface area contributed by atoms with Crippen molar-refractivity contribution in [2.75, 3.05) is 24.1 Å². The first-order valence-electron chi connectivity index (χ1n) is 6.45. The maximum absolute atomic E-state index is 11.9. The summed E-state index contributed by atoms with van der Waals surface area (Å²) in [7, 11) is 0. The van der Waals surface area contributed by atoms with Gasteiger partial charge in [0.15, 0.2) is 0 Å². The van der Waals surface area contributed by atoms with Crippen LogP contribution in [-0.2, 0) is 9.59 Å². The summed E-state index contributed by atoms with van der Waals surface area (Å²) >= 11 is 5.86. The second-order valence-electron chi connectivity index (χ2n) is 4.24. The lowest BCUT2D eigenvalue weighted by Gasteiger charge is -2.06. The van der Waals surface area contributed by atoms with Crippen molar-refractivity contribution in [3.63, 3.8) is 0 Å². The molecule has 0 aliphatic heterocycles. The van der Waals surface area contributed by atoms with E-state index in [1.807, 2.05) is 6.07 Å². The van der Waals surface area contributed by atoms with Crippen molar-refractivity contribution >= 4 is 35.3 Å². The van der Waals surface area contributed by atoms with Gasteiger partial charge in [-0.25, -0.2) is 0 Å². The zero-order valence-electron chi connectivity index (χ0n) is 11.7. The Morgan fingerprint density at radius 3 is 2.73 bits per heavy atom. The maximum Gasteiger partial charge on any atom is 0.267 e. The van der Waals surface area contributed by atoms with Gasteiger partial charge in [-0.3, -0.25) is 9.59 Å².